The van der Waals surface area contributed by atoms with E-state index < -0.39 is 18.6 Å². The van der Waals surface area contributed by atoms with Crippen molar-refractivity contribution in [1.82, 2.24) is 4.90 Å². The Morgan fingerprint density at radius 1 is 1.43 bits per heavy atom. The molecule has 2 atom stereocenters. The fourth-order valence-electron chi connectivity index (χ4n) is 2.24. The first-order chi connectivity index (χ1) is 9.97. The lowest BCUT2D eigenvalue weighted by Crippen LogP contribution is -2.46. The van der Waals surface area contributed by atoms with E-state index in [1.807, 2.05) is 4.90 Å². The smallest absolute Gasteiger partial charge is 0.387 e. The van der Waals surface area contributed by atoms with E-state index in [9.17, 15) is 13.6 Å². The number of ether oxygens (including phenoxy) is 2. The van der Waals surface area contributed by atoms with E-state index in [2.05, 4.69) is 4.74 Å². The van der Waals surface area contributed by atoms with E-state index in [0.717, 1.165) is 5.56 Å². The van der Waals surface area contributed by atoms with Crippen molar-refractivity contribution in [3.8, 4) is 5.75 Å². The van der Waals surface area contributed by atoms with Gasteiger partial charge in [-0.3, -0.25) is 9.69 Å². The van der Waals surface area contributed by atoms with E-state index in [4.69, 9.17) is 9.84 Å². The molecule has 0 aromatic heterocycles. The number of carboxylic acid groups (broad SMARTS) is 1. The number of carboxylic acids is 1. The molecule has 0 aliphatic carbocycles. The number of hydrogen-bond acceptors (Lipinski definition) is 4. The summed E-state index contributed by atoms with van der Waals surface area (Å²) in [6.07, 6.45) is -0.277. The number of morpholine rings is 1. The average Bonchev–Trinajstić information content (AvgIpc) is 2.46. The number of alkyl halides is 2. The average molecular weight is 301 g/mol. The van der Waals surface area contributed by atoms with Gasteiger partial charge in [0.2, 0.25) is 0 Å². The van der Waals surface area contributed by atoms with Crippen LogP contribution in [0.5, 0.6) is 5.75 Å². The SMILES string of the molecule is CC(C(=O)O)N1CCOC(c2ccc(OC(F)F)cc2)C1. The van der Waals surface area contributed by atoms with Crippen LogP contribution in [0, 0.1) is 0 Å². The van der Waals surface area contributed by atoms with Crippen molar-refractivity contribution in [3.63, 3.8) is 0 Å². The molecule has 1 fully saturated rings. The number of halogens is 2. The quantitative estimate of drug-likeness (QED) is 0.903. The van der Waals surface area contributed by atoms with E-state index in [0.29, 0.717) is 19.7 Å². The molecule has 1 N–H and O–H groups in total. The molecule has 0 radical (unpaired) electrons. The molecule has 0 spiro atoms. The summed E-state index contributed by atoms with van der Waals surface area (Å²) in [6.45, 7) is 0.203. The van der Waals surface area contributed by atoms with Gasteiger partial charge in [-0.1, -0.05) is 12.1 Å². The molecular formula is C14H17F2NO4. The van der Waals surface area contributed by atoms with Crippen molar-refractivity contribution in [2.45, 2.75) is 25.7 Å². The van der Waals surface area contributed by atoms with Crippen LogP contribution in [-0.2, 0) is 9.53 Å². The zero-order chi connectivity index (χ0) is 15.4. The molecule has 2 unspecified atom stereocenters. The van der Waals surface area contributed by atoms with Gasteiger partial charge in [0, 0.05) is 13.1 Å². The third-order valence-corrected chi connectivity index (χ3v) is 3.48. The summed E-state index contributed by atoms with van der Waals surface area (Å²) < 4.78 is 34.1. The topological polar surface area (TPSA) is 59.0 Å². The number of rotatable bonds is 5. The van der Waals surface area contributed by atoms with Crippen LogP contribution in [0.25, 0.3) is 0 Å². The van der Waals surface area contributed by atoms with E-state index in [1.54, 1.807) is 19.1 Å². The third-order valence-electron chi connectivity index (χ3n) is 3.48. The van der Waals surface area contributed by atoms with Crippen LogP contribution in [0.2, 0.25) is 0 Å². The highest BCUT2D eigenvalue weighted by Crippen LogP contribution is 2.25. The monoisotopic (exact) mass is 301 g/mol. The summed E-state index contributed by atoms with van der Waals surface area (Å²) in [5, 5.41) is 9.04. The van der Waals surface area contributed by atoms with Crippen LogP contribution in [0.4, 0.5) is 8.78 Å². The fraction of sp³-hybridized carbons (Fsp3) is 0.500. The van der Waals surface area contributed by atoms with Gasteiger partial charge in [-0.25, -0.2) is 0 Å². The summed E-state index contributed by atoms with van der Waals surface area (Å²) in [5.41, 5.74) is 0.805. The lowest BCUT2D eigenvalue weighted by Gasteiger charge is -2.35. The normalized spacial score (nSPS) is 21.2. The van der Waals surface area contributed by atoms with Crippen molar-refractivity contribution < 1.29 is 28.2 Å². The van der Waals surface area contributed by atoms with Crippen LogP contribution in [-0.4, -0.2) is 48.3 Å². The highest BCUT2D eigenvalue weighted by Gasteiger charge is 2.28. The summed E-state index contributed by atoms with van der Waals surface area (Å²) in [5.74, 6) is -0.795. The molecule has 1 saturated heterocycles. The lowest BCUT2D eigenvalue weighted by molar-refractivity contribution is -0.145. The second-order valence-electron chi connectivity index (χ2n) is 4.82. The molecule has 7 heteroatoms. The molecule has 0 amide bonds. The predicted octanol–water partition coefficient (Wildman–Crippen LogP) is 2.13. The second-order valence-corrected chi connectivity index (χ2v) is 4.82. The van der Waals surface area contributed by atoms with Gasteiger partial charge in [-0.15, -0.1) is 0 Å². The van der Waals surface area contributed by atoms with Gasteiger partial charge in [0.15, 0.2) is 0 Å². The Balaban J connectivity index is 2.02. The largest absolute Gasteiger partial charge is 0.480 e. The molecule has 1 aliphatic rings. The molecule has 1 aliphatic heterocycles. The van der Waals surface area contributed by atoms with Gasteiger partial charge in [-0.05, 0) is 24.6 Å². The standard InChI is InChI=1S/C14H17F2NO4/c1-9(13(18)19)17-6-7-20-12(8-17)10-2-4-11(5-3-10)21-14(15)16/h2-5,9,12,14H,6-8H2,1H3,(H,18,19). The van der Waals surface area contributed by atoms with Gasteiger partial charge >= 0.3 is 12.6 Å². The summed E-state index contributed by atoms with van der Waals surface area (Å²) in [7, 11) is 0. The summed E-state index contributed by atoms with van der Waals surface area (Å²) in [6, 6.07) is 5.61. The molecule has 1 aromatic rings. The minimum atomic E-state index is -2.85. The predicted molar refractivity (Wildman–Crippen MR) is 70.4 cm³/mol. The third kappa shape index (κ3) is 4.12. The number of benzene rings is 1. The second kappa shape index (κ2) is 6.82. The van der Waals surface area contributed by atoms with Gasteiger partial charge in [0.05, 0.1) is 12.7 Å². The molecule has 0 bridgehead atoms. The number of aliphatic carboxylic acids is 1. The van der Waals surface area contributed by atoms with Crippen LogP contribution in [0.15, 0.2) is 24.3 Å². The first-order valence-electron chi connectivity index (χ1n) is 6.60. The molecule has 0 saturated carbocycles. The minimum absolute atomic E-state index is 0.0836. The Bertz CT molecular complexity index is 480. The maximum absolute atomic E-state index is 12.1. The van der Waals surface area contributed by atoms with Crippen molar-refractivity contribution in [2.24, 2.45) is 0 Å². The molecule has 21 heavy (non-hydrogen) atoms. The summed E-state index contributed by atoms with van der Waals surface area (Å²) in [4.78, 5) is 12.8. The maximum atomic E-state index is 12.1. The van der Waals surface area contributed by atoms with E-state index in [-0.39, 0.29) is 11.9 Å². The fourth-order valence-corrected chi connectivity index (χ4v) is 2.24. The first kappa shape index (κ1) is 15.7. The van der Waals surface area contributed by atoms with E-state index in [1.165, 1.54) is 12.1 Å². The van der Waals surface area contributed by atoms with Gasteiger partial charge < -0.3 is 14.6 Å². The number of hydrogen-bond donors (Lipinski definition) is 1. The Labute approximate surface area is 121 Å². The number of carbonyl (C=O) groups is 1. The molecule has 5 nitrogen and oxygen atoms in total. The highest BCUT2D eigenvalue weighted by atomic mass is 19.3. The Morgan fingerprint density at radius 3 is 2.67 bits per heavy atom. The van der Waals surface area contributed by atoms with Crippen molar-refractivity contribution in [2.75, 3.05) is 19.7 Å². The van der Waals surface area contributed by atoms with Gasteiger partial charge in [0.1, 0.15) is 11.8 Å². The first-order valence-corrected chi connectivity index (χ1v) is 6.60. The van der Waals surface area contributed by atoms with Crippen molar-refractivity contribution in [1.29, 1.82) is 0 Å². The van der Waals surface area contributed by atoms with Crippen LogP contribution < -0.4 is 4.74 Å². The highest BCUT2D eigenvalue weighted by molar-refractivity contribution is 5.72. The Hall–Kier alpha value is -1.73. The molecule has 1 aromatic carbocycles. The van der Waals surface area contributed by atoms with Crippen molar-refractivity contribution in [3.05, 3.63) is 29.8 Å². The molecule has 2 rings (SSSR count). The molecular weight excluding hydrogens is 284 g/mol. The zero-order valence-electron chi connectivity index (χ0n) is 11.5. The van der Waals surface area contributed by atoms with Crippen molar-refractivity contribution >= 4 is 5.97 Å². The minimum Gasteiger partial charge on any atom is -0.480 e. The van der Waals surface area contributed by atoms with Crippen LogP contribution >= 0.6 is 0 Å². The van der Waals surface area contributed by atoms with Gasteiger partial charge in [0.25, 0.3) is 0 Å². The molecule has 116 valence electrons. The Kier molecular flexibility index (Phi) is 5.08. The lowest BCUT2D eigenvalue weighted by atomic mass is 10.1. The maximum Gasteiger partial charge on any atom is 0.387 e. The van der Waals surface area contributed by atoms with Gasteiger partial charge in [-0.2, -0.15) is 8.78 Å². The zero-order valence-corrected chi connectivity index (χ0v) is 11.5. The number of nitrogens with zero attached hydrogens (tertiary/aromatic N) is 1. The van der Waals surface area contributed by atoms with Crippen LogP contribution in [0.3, 0.4) is 0 Å². The Morgan fingerprint density at radius 2 is 2.10 bits per heavy atom. The van der Waals surface area contributed by atoms with E-state index >= 15 is 0 Å². The van der Waals surface area contributed by atoms with Crippen LogP contribution in [0.1, 0.15) is 18.6 Å². The molecule has 1 heterocycles. The summed E-state index contributed by atoms with van der Waals surface area (Å²) >= 11 is 0.